The van der Waals surface area contributed by atoms with Crippen molar-refractivity contribution in [3.8, 4) is 0 Å². The Kier molecular flexibility index (Phi) is 4.91. The molecular formula is C22H17ClFN3O3. The van der Waals surface area contributed by atoms with Gasteiger partial charge in [-0.25, -0.2) is 9.18 Å². The van der Waals surface area contributed by atoms with Crippen molar-refractivity contribution in [2.24, 2.45) is 0 Å². The van der Waals surface area contributed by atoms with Gasteiger partial charge in [-0.3, -0.25) is 14.5 Å². The molecule has 0 aliphatic carbocycles. The van der Waals surface area contributed by atoms with Gasteiger partial charge in [-0.1, -0.05) is 54.1 Å². The number of fused-ring (bicyclic) bond motifs is 1. The molecule has 0 saturated carbocycles. The number of halogens is 2. The number of rotatable bonds is 4. The Morgan fingerprint density at radius 2 is 1.87 bits per heavy atom. The SMILES string of the molecule is CC1(c2cccc3ccccc23)NC(=O)N(CC(=O)Nc2ccc(F)c(Cl)c2)C1=O. The van der Waals surface area contributed by atoms with Crippen LogP contribution >= 0.6 is 11.6 Å². The van der Waals surface area contributed by atoms with E-state index in [9.17, 15) is 18.8 Å². The van der Waals surface area contributed by atoms with E-state index < -0.39 is 35.7 Å². The fraction of sp³-hybridized carbons (Fsp3) is 0.136. The molecule has 3 aromatic rings. The lowest BCUT2D eigenvalue weighted by atomic mass is 9.88. The van der Waals surface area contributed by atoms with Gasteiger partial charge in [0.25, 0.3) is 5.91 Å². The Hall–Kier alpha value is -3.45. The molecule has 0 bridgehead atoms. The second kappa shape index (κ2) is 7.42. The van der Waals surface area contributed by atoms with Gasteiger partial charge in [-0.15, -0.1) is 0 Å². The van der Waals surface area contributed by atoms with Gasteiger partial charge in [0.05, 0.1) is 5.02 Å². The summed E-state index contributed by atoms with van der Waals surface area (Å²) in [6, 6.07) is 16.1. The number of carbonyl (C=O) groups is 3. The van der Waals surface area contributed by atoms with Crippen LogP contribution in [0.3, 0.4) is 0 Å². The first-order valence-electron chi connectivity index (χ1n) is 9.17. The summed E-state index contributed by atoms with van der Waals surface area (Å²) in [7, 11) is 0. The van der Waals surface area contributed by atoms with E-state index in [1.54, 1.807) is 13.0 Å². The average molecular weight is 426 g/mol. The molecule has 2 N–H and O–H groups in total. The first-order valence-corrected chi connectivity index (χ1v) is 9.54. The maximum atomic E-state index is 13.3. The zero-order chi connectivity index (χ0) is 21.5. The number of carbonyl (C=O) groups excluding carboxylic acids is 3. The highest BCUT2D eigenvalue weighted by atomic mass is 35.5. The fourth-order valence-corrected chi connectivity index (χ4v) is 3.78. The van der Waals surface area contributed by atoms with Crippen molar-refractivity contribution < 1.29 is 18.8 Å². The summed E-state index contributed by atoms with van der Waals surface area (Å²) in [5.74, 6) is -1.76. The summed E-state index contributed by atoms with van der Waals surface area (Å²) in [5, 5.41) is 6.84. The second-order valence-corrected chi connectivity index (χ2v) is 7.56. The third-order valence-corrected chi connectivity index (χ3v) is 5.40. The highest BCUT2D eigenvalue weighted by molar-refractivity contribution is 6.31. The van der Waals surface area contributed by atoms with Crippen LogP contribution < -0.4 is 10.6 Å². The van der Waals surface area contributed by atoms with Crippen LogP contribution in [0.4, 0.5) is 14.9 Å². The van der Waals surface area contributed by atoms with Crippen LogP contribution in [0, 0.1) is 5.82 Å². The molecule has 152 valence electrons. The standard InChI is InChI=1S/C22H17ClFN3O3/c1-22(16-8-4-6-13-5-2-3-7-15(13)16)20(29)27(21(30)26-22)12-19(28)25-14-9-10-18(24)17(23)11-14/h2-11H,12H2,1H3,(H,25,28)(H,26,30). The molecule has 30 heavy (non-hydrogen) atoms. The highest BCUT2D eigenvalue weighted by Crippen LogP contribution is 2.33. The molecule has 1 saturated heterocycles. The number of urea groups is 1. The molecule has 1 atom stereocenters. The molecule has 1 heterocycles. The zero-order valence-corrected chi connectivity index (χ0v) is 16.7. The third kappa shape index (κ3) is 3.37. The molecule has 6 nitrogen and oxygen atoms in total. The van der Waals surface area contributed by atoms with Crippen molar-refractivity contribution in [3.05, 3.63) is 77.1 Å². The van der Waals surface area contributed by atoms with Crippen molar-refractivity contribution in [1.29, 1.82) is 0 Å². The maximum absolute atomic E-state index is 13.3. The minimum absolute atomic E-state index is 0.147. The normalized spacial score (nSPS) is 18.6. The van der Waals surface area contributed by atoms with E-state index >= 15 is 0 Å². The molecule has 1 aliphatic rings. The lowest BCUT2D eigenvalue weighted by Crippen LogP contribution is -2.42. The summed E-state index contributed by atoms with van der Waals surface area (Å²) in [4.78, 5) is 39.0. The van der Waals surface area contributed by atoms with E-state index in [4.69, 9.17) is 11.6 Å². The summed E-state index contributed by atoms with van der Waals surface area (Å²) in [6.07, 6.45) is 0. The maximum Gasteiger partial charge on any atom is 0.325 e. The molecule has 1 unspecified atom stereocenters. The van der Waals surface area contributed by atoms with E-state index in [1.807, 2.05) is 36.4 Å². The van der Waals surface area contributed by atoms with Gasteiger partial charge in [0.15, 0.2) is 0 Å². The molecule has 0 spiro atoms. The first kappa shape index (κ1) is 19.8. The molecule has 0 radical (unpaired) electrons. The summed E-state index contributed by atoms with van der Waals surface area (Å²) >= 11 is 5.71. The lowest BCUT2D eigenvalue weighted by molar-refractivity contribution is -0.133. The second-order valence-electron chi connectivity index (χ2n) is 7.15. The Morgan fingerprint density at radius 3 is 2.63 bits per heavy atom. The molecule has 1 fully saturated rings. The van der Waals surface area contributed by atoms with Crippen molar-refractivity contribution in [2.45, 2.75) is 12.5 Å². The molecule has 4 amide bonds. The zero-order valence-electron chi connectivity index (χ0n) is 15.9. The Balaban J connectivity index is 1.57. The van der Waals surface area contributed by atoms with Crippen LogP contribution in [-0.2, 0) is 15.1 Å². The van der Waals surface area contributed by atoms with Crippen LogP contribution in [0.2, 0.25) is 5.02 Å². The van der Waals surface area contributed by atoms with Gasteiger partial charge in [0.1, 0.15) is 17.9 Å². The van der Waals surface area contributed by atoms with Gasteiger partial charge in [0.2, 0.25) is 5.91 Å². The monoisotopic (exact) mass is 425 g/mol. The van der Waals surface area contributed by atoms with Gasteiger partial charge in [0, 0.05) is 5.69 Å². The van der Waals surface area contributed by atoms with Crippen LogP contribution in [0.25, 0.3) is 10.8 Å². The van der Waals surface area contributed by atoms with Crippen LogP contribution in [0.1, 0.15) is 12.5 Å². The van der Waals surface area contributed by atoms with Crippen LogP contribution in [0.15, 0.2) is 60.7 Å². The Labute approximate surface area is 176 Å². The predicted octanol–water partition coefficient (Wildman–Crippen LogP) is 4.04. The molecule has 4 rings (SSSR count). The number of amides is 4. The van der Waals surface area contributed by atoms with Gasteiger partial charge in [-0.2, -0.15) is 0 Å². The van der Waals surface area contributed by atoms with Crippen molar-refractivity contribution in [2.75, 3.05) is 11.9 Å². The predicted molar refractivity (Wildman–Crippen MR) is 112 cm³/mol. The number of nitrogens with zero attached hydrogens (tertiary/aromatic N) is 1. The van der Waals surface area contributed by atoms with Gasteiger partial charge >= 0.3 is 6.03 Å². The Bertz CT molecular complexity index is 1190. The topological polar surface area (TPSA) is 78.5 Å². The number of hydrogen-bond acceptors (Lipinski definition) is 3. The van der Waals surface area contributed by atoms with Crippen LogP contribution in [-0.4, -0.2) is 29.3 Å². The molecule has 8 heteroatoms. The number of benzene rings is 3. The van der Waals surface area contributed by atoms with E-state index in [-0.39, 0.29) is 10.7 Å². The highest BCUT2D eigenvalue weighted by Gasteiger charge is 2.50. The fourth-order valence-electron chi connectivity index (χ4n) is 3.60. The first-order chi connectivity index (χ1) is 14.3. The lowest BCUT2D eigenvalue weighted by Gasteiger charge is -2.24. The van der Waals surface area contributed by atoms with E-state index in [0.717, 1.165) is 21.7 Å². The van der Waals surface area contributed by atoms with Crippen molar-refractivity contribution in [1.82, 2.24) is 10.2 Å². The van der Waals surface area contributed by atoms with Gasteiger partial charge < -0.3 is 10.6 Å². The van der Waals surface area contributed by atoms with E-state index in [2.05, 4.69) is 10.6 Å². The third-order valence-electron chi connectivity index (χ3n) is 5.11. The van der Waals surface area contributed by atoms with Crippen LogP contribution in [0.5, 0.6) is 0 Å². The quantitative estimate of drug-likeness (QED) is 0.619. The summed E-state index contributed by atoms with van der Waals surface area (Å²) < 4.78 is 13.3. The molecular weight excluding hydrogens is 409 g/mol. The smallest absolute Gasteiger partial charge is 0.324 e. The number of imide groups is 1. The largest absolute Gasteiger partial charge is 0.325 e. The minimum atomic E-state index is -1.31. The number of anilines is 1. The molecule has 1 aliphatic heterocycles. The van der Waals surface area contributed by atoms with E-state index in [0.29, 0.717) is 5.56 Å². The van der Waals surface area contributed by atoms with E-state index in [1.165, 1.54) is 12.1 Å². The van der Waals surface area contributed by atoms with Gasteiger partial charge in [-0.05, 0) is 41.5 Å². The minimum Gasteiger partial charge on any atom is -0.324 e. The number of nitrogens with one attached hydrogen (secondary N) is 2. The molecule has 0 aromatic heterocycles. The van der Waals surface area contributed by atoms with Crippen molar-refractivity contribution >= 4 is 45.9 Å². The number of hydrogen-bond donors (Lipinski definition) is 2. The summed E-state index contributed by atoms with van der Waals surface area (Å²) in [5.41, 5.74) is -0.403. The Morgan fingerprint density at radius 1 is 1.13 bits per heavy atom. The average Bonchev–Trinajstić information content (AvgIpc) is 2.94. The summed E-state index contributed by atoms with van der Waals surface area (Å²) in [6.45, 7) is 1.13. The van der Waals surface area contributed by atoms with Crippen molar-refractivity contribution in [3.63, 3.8) is 0 Å². The molecule has 3 aromatic carbocycles.